The minimum atomic E-state index is -0.0246. The van der Waals surface area contributed by atoms with E-state index in [1.165, 1.54) is 0 Å². The minimum absolute atomic E-state index is 0.0246. The first-order valence-electron chi connectivity index (χ1n) is 4.74. The van der Waals surface area contributed by atoms with E-state index in [0.29, 0.717) is 30.3 Å². The molecule has 0 amide bonds. The summed E-state index contributed by atoms with van der Waals surface area (Å²) in [6.45, 7) is 1.30. The molecule has 0 bridgehead atoms. The molecule has 0 saturated heterocycles. The van der Waals surface area contributed by atoms with Crippen molar-refractivity contribution in [3.8, 4) is 17.2 Å². The van der Waals surface area contributed by atoms with Crippen molar-refractivity contribution in [3.05, 3.63) is 16.7 Å². The summed E-state index contributed by atoms with van der Waals surface area (Å²) in [7, 11) is 0. The third kappa shape index (κ3) is 1.82. The fourth-order valence-electron chi connectivity index (χ4n) is 1.52. The molecule has 0 saturated carbocycles. The predicted molar refractivity (Wildman–Crippen MR) is 56.6 cm³/mol. The number of phenolic OH excluding ortho intramolecular Hbond substituents is 1. The second-order valence-electron chi connectivity index (χ2n) is 3.27. The second kappa shape index (κ2) is 4.16. The molecule has 0 radical (unpaired) electrons. The number of aromatic hydroxyl groups is 1. The predicted octanol–water partition coefficient (Wildman–Crippen LogP) is 1.67. The van der Waals surface area contributed by atoms with Gasteiger partial charge in [-0.3, -0.25) is 0 Å². The van der Waals surface area contributed by atoms with Gasteiger partial charge in [0, 0.05) is 19.0 Å². The van der Waals surface area contributed by atoms with E-state index in [2.05, 4.69) is 0 Å². The number of benzene rings is 1. The van der Waals surface area contributed by atoms with Crippen molar-refractivity contribution in [2.75, 3.05) is 13.2 Å². The number of fused-ring (bicyclic) bond motifs is 1. The van der Waals surface area contributed by atoms with Crippen LogP contribution in [0.2, 0.25) is 5.02 Å². The van der Waals surface area contributed by atoms with Crippen LogP contribution < -0.4 is 15.2 Å². The summed E-state index contributed by atoms with van der Waals surface area (Å²) in [5.74, 6) is 1.04. The Bertz CT molecular complexity index is 381. The minimum Gasteiger partial charge on any atom is -0.506 e. The van der Waals surface area contributed by atoms with E-state index in [4.69, 9.17) is 26.8 Å². The molecule has 0 spiro atoms. The molecule has 1 heterocycles. The Hall–Kier alpha value is -1.13. The Morgan fingerprint density at radius 2 is 2.13 bits per heavy atom. The van der Waals surface area contributed by atoms with Crippen molar-refractivity contribution in [3.63, 3.8) is 0 Å². The molecule has 1 aliphatic rings. The van der Waals surface area contributed by atoms with E-state index in [0.717, 1.165) is 6.42 Å². The quantitative estimate of drug-likeness (QED) is 0.769. The Kier molecular flexibility index (Phi) is 2.88. The maximum Gasteiger partial charge on any atom is 0.169 e. The van der Waals surface area contributed by atoms with Gasteiger partial charge in [0.25, 0.3) is 0 Å². The Morgan fingerprint density at radius 1 is 1.40 bits per heavy atom. The van der Waals surface area contributed by atoms with Crippen LogP contribution in [-0.2, 0) is 6.54 Å². The van der Waals surface area contributed by atoms with Crippen molar-refractivity contribution < 1.29 is 14.6 Å². The standard InChI is InChI=1S/C10H12ClNO3/c11-7-4-8-10(6(5-12)9(7)13)15-3-1-2-14-8/h4,13H,1-3,5,12H2. The number of rotatable bonds is 1. The SMILES string of the molecule is NCc1c(O)c(Cl)cc2c1OCCCO2. The van der Waals surface area contributed by atoms with E-state index < -0.39 is 0 Å². The molecular weight excluding hydrogens is 218 g/mol. The molecule has 5 heteroatoms. The van der Waals surface area contributed by atoms with Crippen LogP contribution in [0.1, 0.15) is 12.0 Å². The molecule has 1 aromatic carbocycles. The van der Waals surface area contributed by atoms with E-state index in [1.54, 1.807) is 6.07 Å². The van der Waals surface area contributed by atoms with Crippen LogP contribution in [0.15, 0.2) is 6.07 Å². The van der Waals surface area contributed by atoms with Gasteiger partial charge in [0.2, 0.25) is 0 Å². The highest BCUT2D eigenvalue weighted by Gasteiger charge is 2.20. The summed E-state index contributed by atoms with van der Waals surface area (Å²) >= 11 is 5.84. The van der Waals surface area contributed by atoms with Crippen LogP contribution >= 0.6 is 11.6 Å². The van der Waals surface area contributed by atoms with Crippen molar-refractivity contribution >= 4 is 11.6 Å². The van der Waals surface area contributed by atoms with E-state index in [9.17, 15) is 5.11 Å². The molecule has 4 nitrogen and oxygen atoms in total. The zero-order valence-electron chi connectivity index (χ0n) is 8.12. The highest BCUT2D eigenvalue weighted by Crippen LogP contribution is 2.42. The van der Waals surface area contributed by atoms with Gasteiger partial charge in [-0.1, -0.05) is 11.6 Å². The van der Waals surface area contributed by atoms with Crippen LogP contribution in [-0.4, -0.2) is 18.3 Å². The third-order valence-electron chi connectivity index (χ3n) is 2.26. The molecule has 2 rings (SSSR count). The molecule has 0 fully saturated rings. The van der Waals surface area contributed by atoms with Gasteiger partial charge in [-0.25, -0.2) is 0 Å². The lowest BCUT2D eigenvalue weighted by molar-refractivity contribution is 0.296. The number of hydrogen-bond acceptors (Lipinski definition) is 4. The summed E-state index contributed by atoms with van der Waals surface area (Å²) < 4.78 is 10.9. The molecule has 0 aliphatic carbocycles. The molecule has 1 aromatic rings. The van der Waals surface area contributed by atoms with Crippen LogP contribution in [0.3, 0.4) is 0 Å². The summed E-state index contributed by atoms with van der Waals surface area (Å²) in [5, 5.41) is 9.93. The van der Waals surface area contributed by atoms with Crippen LogP contribution in [0.5, 0.6) is 17.2 Å². The monoisotopic (exact) mass is 229 g/mol. The van der Waals surface area contributed by atoms with Gasteiger partial charge < -0.3 is 20.3 Å². The fourth-order valence-corrected chi connectivity index (χ4v) is 1.73. The maximum atomic E-state index is 9.70. The normalized spacial score (nSPS) is 14.8. The zero-order valence-corrected chi connectivity index (χ0v) is 8.88. The van der Waals surface area contributed by atoms with Crippen LogP contribution in [0, 0.1) is 0 Å². The number of nitrogens with two attached hydrogens (primary N) is 1. The molecule has 15 heavy (non-hydrogen) atoms. The van der Waals surface area contributed by atoms with E-state index in [-0.39, 0.29) is 17.3 Å². The molecule has 0 aromatic heterocycles. The van der Waals surface area contributed by atoms with Crippen molar-refractivity contribution in [1.29, 1.82) is 0 Å². The van der Waals surface area contributed by atoms with Crippen LogP contribution in [0.25, 0.3) is 0 Å². The highest BCUT2D eigenvalue weighted by molar-refractivity contribution is 6.32. The highest BCUT2D eigenvalue weighted by atomic mass is 35.5. The third-order valence-corrected chi connectivity index (χ3v) is 2.55. The van der Waals surface area contributed by atoms with E-state index >= 15 is 0 Å². The summed E-state index contributed by atoms with van der Waals surface area (Å²) in [6, 6.07) is 1.55. The van der Waals surface area contributed by atoms with Gasteiger partial charge in [-0.05, 0) is 0 Å². The van der Waals surface area contributed by atoms with Crippen molar-refractivity contribution in [2.24, 2.45) is 5.73 Å². The molecule has 0 unspecified atom stereocenters. The van der Waals surface area contributed by atoms with Gasteiger partial charge in [-0.15, -0.1) is 0 Å². The van der Waals surface area contributed by atoms with Gasteiger partial charge >= 0.3 is 0 Å². The van der Waals surface area contributed by atoms with Gasteiger partial charge in [0.15, 0.2) is 11.5 Å². The molecule has 0 atom stereocenters. The fraction of sp³-hybridized carbons (Fsp3) is 0.400. The maximum absolute atomic E-state index is 9.70. The number of phenols is 1. The summed E-state index contributed by atoms with van der Waals surface area (Å²) in [5.41, 5.74) is 6.04. The van der Waals surface area contributed by atoms with Gasteiger partial charge in [0.1, 0.15) is 5.75 Å². The first-order valence-corrected chi connectivity index (χ1v) is 5.12. The van der Waals surface area contributed by atoms with Crippen LogP contribution in [0.4, 0.5) is 0 Å². The Morgan fingerprint density at radius 3 is 2.87 bits per heavy atom. The lowest BCUT2D eigenvalue weighted by Crippen LogP contribution is -2.03. The summed E-state index contributed by atoms with van der Waals surface area (Å²) in [4.78, 5) is 0. The lowest BCUT2D eigenvalue weighted by atomic mass is 10.1. The van der Waals surface area contributed by atoms with Crippen molar-refractivity contribution in [1.82, 2.24) is 0 Å². The largest absolute Gasteiger partial charge is 0.506 e. The number of halogens is 1. The molecule has 3 N–H and O–H groups in total. The average molecular weight is 230 g/mol. The molecular formula is C10H12ClNO3. The lowest BCUT2D eigenvalue weighted by Gasteiger charge is -2.13. The van der Waals surface area contributed by atoms with Crippen molar-refractivity contribution in [2.45, 2.75) is 13.0 Å². The number of hydrogen-bond donors (Lipinski definition) is 2. The summed E-state index contributed by atoms with van der Waals surface area (Å²) in [6.07, 6.45) is 0.803. The topological polar surface area (TPSA) is 64.7 Å². The first kappa shape index (κ1) is 10.4. The van der Waals surface area contributed by atoms with Gasteiger partial charge in [-0.2, -0.15) is 0 Å². The van der Waals surface area contributed by atoms with Gasteiger partial charge in [0.05, 0.1) is 23.8 Å². The Balaban J connectivity index is 2.56. The number of ether oxygens (including phenoxy) is 2. The molecule has 82 valence electrons. The zero-order chi connectivity index (χ0) is 10.8. The second-order valence-corrected chi connectivity index (χ2v) is 3.67. The smallest absolute Gasteiger partial charge is 0.169 e. The molecule has 1 aliphatic heterocycles. The Labute approximate surface area is 92.5 Å². The first-order chi connectivity index (χ1) is 7.24. The van der Waals surface area contributed by atoms with E-state index in [1.807, 2.05) is 0 Å². The average Bonchev–Trinajstić information content (AvgIpc) is 2.45.